The van der Waals surface area contributed by atoms with Gasteiger partial charge in [0.05, 0.1) is 12.2 Å². The number of aryl methyl sites for hydroxylation is 1. The van der Waals surface area contributed by atoms with E-state index in [0.717, 1.165) is 50.5 Å². The molecule has 5 heteroatoms. The van der Waals surface area contributed by atoms with Crippen LogP contribution < -0.4 is 5.32 Å². The van der Waals surface area contributed by atoms with Crippen LogP contribution in [0.25, 0.3) is 0 Å². The smallest absolute Gasteiger partial charge is 0.341 e. The number of esters is 1. The molecular formula is C23H37NO3S. The Kier molecular flexibility index (Phi) is 10.6. The summed E-state index contributed by atoms with van der Waals surface area (Å²) in [5.41, 5.74) is 1.75. The number of nitrogens with one attached hydrogen (secondary N) is 1. The number of hydrogen-bond acceptors (Lipinski definition) is 4. The Morgan fingerprint density at radius 2 is 1.64 bits per heavy atom. The molecule has 0 atom stereocenters. The highest BCUT2D eigenvalue weighted by atomic mass is 32.1. The molecule has 1 aromatic rings. The molecule has 0 spiro atoms. The van der Waals surface area contributed by atoms with Crippen LogP contribution in [0.3, 0.4) is 0 Å². The molecule has 1 N–H and O–H groups in total. The van der Waals surface area contributed by atoms with Crippen molar-refractivity contribution in [2.75, 3.05) is 11.9 Å². The second kappa shape index (κ2) is 13.0. The Hall–Kier alpha value is -1.36. The quantitative estimate of drug-likeness (QED) is 0.239. The predicted octanol–water partition coefficient (Wildman–Crippen LogP) is 6.66. The fourth-order valence-corrected chi connectivity index (χ4v) is 5.04. The molecule has 0 aromatic carbocycles. The first-order chi connectivity index (χ1) is 13.7. The molecule has 4 nitrogen and oxygen atoms in total. The lowest BCUT2D eigenvalue weighted by Gasteiger charge is -2.09. The number of rotatable bonds is 12. The Morgan fingerprint density at radius 3 is 2.39 bits per heavy atom. The maximum absolute atomic E-state index is 12.7. The molecule has 1 aliphatic rings. The molecule has 28 heavy (non-hydrogen) atoms. The van der Waals surface area contributed by atoms with E-state index in [-0.39, 0.29) is 11.9 Å². The lowest BCUT2D eigenvalue weighted by Crippen LogP contribution is -2.15. The average Bonchev–Trinajstić information content (AvgIpc) is 2.85. The minimum absolute atomic E-state index is 0.0227. The summed E-state index contributed by atoms with van der Waals surface area (Å²) in [6.45, 7) is 4.64. The molecule has 1 aromatic heterocycles. The molecule has 0 saturated carbocycles. The van der Waals surface area contributed by atoms with Crippen LogP contribution in [0.15, 0.2) is 0 Å². The van der Waals surface area contributed by atoms with E-state index in [9.17, 15) is 9.59 Å². The van der Waals surface area contributed by atoms with Crippen LogP contribution in [0.5, 0.6) is 0 Å². The number of carbonyl (C=O) groups excluding carboxylic acids is 2. The summed E-state index contributed by atoms with van der Waals surface area (Å²) in [6.07, 6.45) is 15.0. The van der Waals surface area contributed by atoms with Crippen LogP contribution in [0.2, 0.25) is 0 Å². The predicted molar refractivity (Wildman–Crippen MR) is 117 cm³/mol. The third kappa shape index (κ3) is 7.23. The Balaban J connectivity index is 1.94. The standard InChI is InChI=1S/C23H37NO3S/c1-3-5-6-7-8-9-13-16-20(25)24-22-21(23(26)27-17-4-2)18-14-11-10-12-15-19(18)28-22/h3-17H2,1-2H3,(H,24,25). The van der Waals surface area contributed by atoms with Gasteiger partial charge in [0.25, 0.3) is 0 Å². The summed E-state index contributed by atoms with van der Waals surface area (Å²) in [7, 11) is 0. The first-order valence-corrected chi connectivity index (χ1v) is 12.1. The van der Waals surface area contributed by atoms with E-state index >= 15 is 0 Å². The van der Waals surface area contributed by atoms with Crippen LogP contribution in [0.1, 0.15) is 112 Å². The van der Waals surface area contributed by atoms with Crippen LogP contribution in [-0.2, 0) is 22.4 Å². The van der Waals surface area contributed by atoms with Gasteiger partial charge in [-0.1, -0.05) is 58.8 Å². The van der Waals surface area contributed by atoms with Crippen molar-refractivity contribution in [1.82, 2.24) is 0 Å². The fourth-order valence-electron chi connectivity index (χ4n) is 3.75. The van der Waals surface area contributed by atoms with Crippen molar-refractivity contribution in [3.8, 4) is 0 Å². The van der Waals surface area contributed by atoms with Gasteiger partial charge in [-0.25, -0.2) is 4.79 Å². The normalized spacial score (nSPS) is 13.6. The number of carbonyl (C=O) groups is 2. The minimum atomic E-state index is -0.271. The van der Waals surface area contributed by atoms with Gasteiger partial charge in [0.1, 0.15) is 5.00 Å². The largest absolute Gasteiger partial charge is 0.462 e. The monoisotopic (exact) mass is 407 g/mol. The van der Waals surface area contributed by atoms with Crippen molar-refractivity contribution >= 4 is 28.2 Å². The van der Waals surface area contributed by atoms with Crippen LogP contribution in [0.4, 0.5) is 5.00 Å². The maximum atomic E-state index is 12.7. The van der Waals surface area contributed by atoms with Gasteiger partial charge in [0.2, 0.25) is 5.91 Å². The number of anilines is 1. The minimum Gasteiger partial charge on any atom is -0.462 e. The van der Waals surface area contributed by atoms with E-state index < -0.39 is 0 Å². The Morgan fingerprint density at radius 1 is 0.929 bits per heavy atom. The average molecular weight is 408 g/mol. The van der Waals surface area contributed by atoms with Crippen LogP contribution in [0, 0.1) is 0 Å². The maximum Gasteiger partial charge on any atom is 0.341 e. The summed E-state index contributed by atoms with van der Waals surface area (Å²) < 4.78 is 5.43. The number of thiophene rings is 1. The molecule has 2 rings (SSSR count). The van der Waals surface area contributed by atoms with E-state index in [1.807, 2.05) is 6.92 Å². The van der Waals surface area contributed by atoms with Gasteiger partial charge >= 0.3 is 5.97 Å². The van der Waals surface area contributed by atoms with Crippen molar-refractivity contribution < 1.29 is 14.3 Å². The lowest BCUT2D eigenvalue weighted by molar-refractivity contribution is -0.116. The molecule has 0 radical (unpaired) electrons. The van der Waals surface area contributed by atoms with Crippen molar-refractivity contribution in [1.29, 1.82) is 0 Å². The van der Waals surface area contributed by atoms with Gasteiger partial charge in [-0.15, -0.1) is 11.3 Å². The van der Waals surface area contributed by atoms with Crippen LogP contribution in [-0.4, -0.2) is 18.5 Å². The van der Waals surface area contributed by atoms with Crippen molar-refractivity contribution in [3.05, 3.63) is 16.0 Å². The molecule has 1 aliphatic carbocycles. The third-order valence-electron chi connectivity index (χ3n) is 5.32. The summed E-state index contributed by atoms with van der Waals surface area (Å²) in [5.74, 6) is -0.248. The van der Waals surface area contributed by atoms with Crippen molar-refractivity contribution in [2.24, 2.45) is 0 Å². The first-order valence-electron chi connectivity index (χ1n) is 11.3. The van der Waals surface area contributed by atoms with Gasteiger partial charge < -0.3 is 10.1 Å². The molecule has 0 fully saturated rings. The molecule has 1 amide bonds. The lowest BCUT2D eigenvalue weighted by atomic mass is 10.1. The zero-order valence-electron chi connectivity index (χ0n) is 17.7. The number of unbranched alkanes of at least 4 members (excludes halogenated alkanes) is 6. The third-order valence-corrected chi connectivity index (χ3v) is 6.53. The first kappa shape index (κ1) is 22.9. The van der Waals surface area contributed by atoms with E-state index in [2.05, 4.69) is 12.2 Å². The molecule has 0 saturated heterocycles. The van der Waals surface area contributed by atoms with Crippen molar-refractivity contribution in [3.63, 3.8) is 0 Å². The molecule has 158 valence electrons. The zero-order valence-corrected chi connectivity index (χ0v) is 18.6. The second-order valence-corrected chi connectivity index (χ2v) is 8.93. The van der Waals surface area contributed by atoms with Gasteiger partial charge in [0.15, 0.2) is 0 Å². The van der Waals surface area contributed by atoms with Gasteiger partial charge in [-0.05, 0) is 44.1 Å². The van der Waals surface area contributed by atoms with Gasteiger partial charge in [0, 0.05) is 11.3 Å². The van der Waals surface area contributed by atoms with E-state index in [1.54, 1.807) is 11.3 Å². The van der Waals surface area contributed by atoms with E-state index in [0.29, 0.717) is 23.6 Å². The highest BCUT2D eigenvalue weighted by Gasteiger charge is 2.26. The number of hydrogen-bond donors (Lipinski definition) is 1. The summed E-state index contributed by atoms with van der Waals surface area (Å²) >= 11 is 1.59. The molecular weight excluding hydrogens is 370 g/mol. The fraction of sp³-hybridized carbons (Fsp3) is 0.739. The number of amides is 1. The summed E-state index contributed by atoms with van der Waals surface area (Å²) in [4.78, 5) is 26.4. The zero-order chi connectivity index (χ0) is 20.2. The van der Waals surface area contributed by atoms with Gasteiger partial charge in [-0.2, -0.15) is 0 Å². The van der Waals surface area contributed by atoms with E-state index in [1.165, 1.54) is 43.4 Å². The highest BCUT2D eigenvalue weighted by Crippen LogP contribution is 2.38. The molecule has 0 aliphatic heterocycles. The van der Waals surface area contributed by atoms with Crippen molar-refractivity contribution in [2.45, 2.75) is 104 Å². The number of ether oxygens (including phenoxy) is 1. The Labute approximate surface area is 174 Å². The van der Waals surface area contributed by atoms with Crippen LogP contribution >= 0.6 is 11.3 Å². The Bertz CT molecular complexity index is 624. The van der Waals surface area contributed by atoms with E-state index in [4.69, 9.17) is 4.74 Å². The highest BCUT2D eigenvalue weighted by molar-refractivity contribution is 7.17. The molecule has 0 bridgehead atoms. The van der Waals surface area contributed by atoms with Gasteiger partial charge in [-0.3, -0.25) is 4.79 Å². The SMILES string of the molecule is CCCCCCCCCC(=O)Nc1sc2c(c1C(=O)OCCC)CCCCC2. The molecule has 0 unspecified atom stereocenters. The summed E-state index contributed by atoms with van der Waals surface area (Å²) in [5, 5.41) is 3.74. The number of fused-ring (bicyclic) bond motifs is 1. The summed E-state index contributed by atoms with van der Waals surface area (Å²) in [6, 6.07) is 0. The second-order valence-electron chi connectivity index (χ2n) is 7.82. The topological polar surface area (TPSA) is 55.4 Å². The molecule has 1 heterocycles.